The lowest BCUT2D eigenvalue weighted by atomic mass is 10.1. The minimum absolute atomic E-state index is 0.0669. The van der Waals surface area contributed by atoms with E-state index in [1.54, 1.807) is 4.31 Å². The van der Waals surface area contributed by atoms with Gasteiger partial charge in [-0.1, -0.05) is 15.9 Å². The highest BCUT2D eigenvalue weighted by Crippen LogP contribution is 2.35. The number of alkyl halides is 1. The molecule has 1 heterocycles. The van der Waals surface area contributed by atoms with E-state index in [1.807, 2.05) is 6.92 Å². The van der Waals surface area contributed by atoms with E-state index in [-0.39, 0.29) is 11.3 Å². The summed E-state index contributed by atoms with van der Waals surface area (Å²) in [5, 5.41) is -0.0669. The predicted molar refractivity (Wildman–Crippen MR) is 60.1 cm³/mol. The second-order valence-corrected chi connectivity index (χ2v) is 7.60. The van der Waals surface area contributed by atoms with Gasteiger partial charge in [-0.25, -0.2) is 8.42 Å². The molecule has 0 bridgehead atoms. The fourth-order valence-electron chi connectivity index (χ4n) is 1.98. The van der Waals surface area contributed by atoms with E-state index in [0.717, 1.165) is 25.7 Å². The Hall–Kier alpha value is 0.390. The minimum atomic E-state index is -2.97. The lowest BCUT2D eigenvalue weighted by molar-refractivity contribution is 0.278. The highest BCUT2D eigenvalue weighted by atomic mass is 79.9. The number of hydrogen-bond acceptors (Lipinski definition) is 2. The number of sulfonamides is 1. The fourth-order valence-corrected chi connectivity index (χ4v) is 4.86. The average Bonchev–Trinajstić information content (AvgIpc) is 2.92. The minimum Gasteiger partial charge on any atom is -0.212 e. The monoisotopic (exact) mass is 281 g/mol. The van der Waals surface area contributed by atoms with E-state index in [2.05, 4.69) is 15.9 Å². The van der Waals surface area contributed by atoms with Crippen molar-refractivity contribution in [2.45, 2.75) is 48.7 Å². The van der Waals surface area contributed by atoms with Gasteiger partial charge in [-0.3, -0.25) is 0 Å². The molecule has 1 aliphatic heterocycles. The van der Waals surface area contributed by atoms with Gasteiger partial charge in [0.1, 0.15) is 0 Å². The van der Waals surface area contributed by atoms with Crippen LogP contribution in [0.5, 0.6) is 0 Å². The van der Waals surface area contributed by atoms with Crippen LogP contribution in [0.4, 0.5) is 0 Å². The van der Waals surface area contributed by atoms with Gasteiger partial charge >= 0.3 is 0 Å². The Kier molecular flexibility index (Phi) is 2.92. The molecule has 82 valence electrons. The van der Waals surface area contributed by atoms with Crippen LogP contribution in [0.15, 0.2) is 0 Å². The largest absolute Gasteiger partial charge is 0.217 e. The predicted octanol–water partition coefficient (Wildman–Crippen LogP) is 1.73. The third kappa shape index (κ3) is 1.86. The fraction of sp³-hybridized carbons (Fsp3) is 1.00. The molecular weight excluding hydrogens is 266 g/mol. The van der Waals surface area contributed by atoms with Crippen LogP contribution in [0.1, 0.15) is 32.6 Å². The maximum atomic E-state index is 12.0. The summed E-state index contributed by atoms with van der Waals surface area (Å²) >= 11 is 3.55. The van der Waals surface area contributed by atoms with E-state index in [0.29, 0.717) is 11.4 Å². The lowest BCUT2D eigenvalue weighted by Crippen LogP contribution is -2.48. The molecule has 2 aliphatic rings. The molecule has 14 heavy (non-hydrogen) atoms. The standard InChI is InChI=1S/C9H16BrNO2S/c1-7-9(10)3-2-6-11(7)14(12,13)8-4-5-8/h7-9H,2-6H2,1H3. The molecular formula is C9H16BrNO2S. The van der Waals surface area contributed by atoms with Gasteiger partial charge in [0.2, 0.25) is 10.0 Å². The zero-order valence-electron chi connectivity index (χ0n) is 8.32. The van der Waals surface area contributed by atoms with Crippen molar-refractivity contribution >= 4 is 26.0 Å². The molecule has 2 unspecified atom stereocenters. The first-order chi connectivity index (χ1) is 6.53. The summed E-state index contributed by atoms with van der Waals surface area (Å²) in [4.78, 5) is 0.324. The van der Waals surface area contributed by atoms with Crippen molar-refractivity contribution in [1.29, 1.82) is 0 Å². The van der Waals surface area contributed by atoms with Crippen molar-refractivity contribution in [1.82, 2.24) is 4.31 Å². The van der Waals surface area contributed by atoms with Crippen LogP contribution in [0.3, 0.4) is 0 Å². The Labute approximate surface area is 94.0 Å². The molecule has 5 heteroatoms. The maximum Gasteiger partial charge on any atom is 0.217 e. The van der Waals surface area contributed by atoms with Gasteiger partial charge in [0.15, 0.2) is 0 Å². The second-order valence-electron chi connectivity index (χ2n) is 4.25. The summed E-state index contributed by atoms with van der Waals surface area (Å²) in [6, 6.07) is 0.120. The van der Waals surface area contributed by atoms with Gasteiger partial charge < -0.3 is 0 Å². The highest BCUT2D eigenvalue weighted by molar-refractivity contribution is 9.09. The Bertz CT molecular complexity index is 313. The van der Waals surface area contributed by atoms with Gasteiger partial charge in [0.05, 0.1) is 5.25 Å². The smallest absolute Gasteiger partial charge is 0.212 e. The third-order valence-corrected chi connectivity index (χ3v) is 6.81. The van der Waals surface area contributed by atoms with Crippen molar-refractivity contribution in [3.8, 4) is 0 Å². The van der Waals surface area contributed by atoms with Gasteiger partial charge in [-0.15, -0.1) is 0 Å². The summed E-state index contributed by atoms with van der Waals surface area (Å²) in [5.41, 5.74) is 0. The van der Waals surface area contributed by atoms with E-state index in [1.165, 1.54) is 0 Å². The van der Waals surface area contributed by atoms with Crippen LogP contribution >= 0.6 is 15.9 Å². The van der Waals surface area contributed by atoms with Gasteiger partial charge in [0.25, 0.3) is 0 Å². The molecule has 0 aromatic carbocycles. The van der Waals surface area contributed by atoms with Gasteiger partial charge in [-0.05, 0) is 32.6 Å². The summed E-state index contributed by atoms with van der Waals surface area (Å²) in [7, 11) is -2.97. The SMILES string of the molecule is CC1C(Br)CCCN1S(=O)(=O)C1CC1. The number of piperidine rings is 1. The Morgan fingerprint density at radius 2 is 1.93 bits per heavy atom. The molecule has 0 N–H and O–H groups in total. The third-order valence-electron chi connectivity index (χ3n) is 3.11. The number of hydrogen-bond donors (Lipinski definition) is 0. The molecule has 1 aliphatic carbocycles. The van der Waals surface area contributed by atoms with E-state index >= 15 is 0 Å². The second kappa shape index (κ2) is 3.76. The number of halogens is 1. The van der Waals surface area contributed by atoms with Crippen molar-refractivity contribution in [2.75, 3.05) is 6.54 Å². The van der Waals surface area contributed by atoms with Crippen LogP contribution in [-0.2, 0) is 10.0 Å². The highest BCUT2D eigenvalue weighted by Gasteiger charge is 2.43. The zero-order valence-corrected chi connectivity index (χ0v) is 10.7. The van der Waals surface area contributed by atoms with Gasteiger partial charge in [-0.2, -0.15) is 4.31 Å². The van der Waals surface area contributed by atoms with E-state index < -0.39 is 10.0 Å². The van der Waals surface area contributed by atoms with Crippen molar-refractivity contribution in [3.63, 3.8) is 0 Å². The average molecular weight is 282 g/mol. The topological polar surface area (TPSA) is 37.4 Å². The molecule has 0 spiro atoms. The van der Waals surface area contributed by atoms with Crippen LogP contribution in [0.2, 0.25) is 0 Å². The molecule has 0 radical (unpaired) electrons. The molecule has 1 saturated carbocycles. The van der Waals surface area contributed by atoms with E-state index in [9.17, 15) is 8.42 Å². The molecule has 3 nitrogen and oxygen atoms in total. The Morgan fingerprint density at radius 1 is 1.29 bits per heavy atom. The van der Waals surface area contributed by atoms with Crippen LogP contribution in [-0.4, -0.2) is 35.4 Å². The molecule has 1 saturated heterocycles. The summed E-state index contributed by atoms with van der Waals surface area (Å²) < 4.78 is 25.7. The Morgan fingerprint density at radius 3 is 2.50 bits per heavy atom. The first-order valence-corrected chi connectivity index (χ1v) is 7.60. The molecule has 0 aromatic heterocycles. The molecule has 2 atom stereocenters. The molecule has 0 aromatic rings. The van der Waals surface area contributed by atoms with Crippen LogP contribution in [0, 0.1) is 0 Å². The van der Waals surface area contributed by atoms with Gasteiger partial charge in [0, 0.05) is 17.4 Å². The lowest BCUT2D eigenvalue weighted by Gasteiger charge is -2.35. The number of nitrogens with zero attached hydrogens (tertiary/aromatic N) is 1. The van der Waals surface area contributed by atoms with Crippen molar-refractivity contribution < 1.29 is 8.42 Å². The molecule has 2 rings (SSSR count). The van der Waals surface area contributed by atoms with Crippen molar-refractivity contribution in [2.24, 2.45) is 0 Å². The molecule has 0 amide bonds. The quantitative estimate of drug-likeness (QED) is 0.723. The maximum absolute atomic E-state index is 12.0. The summed E-state index contributed by atoms with van der Waals surface area (Å²) in [5.74, 6) is 0. The van der Waals surface area contributed by atoms with E-state index in [4.69, 9.17) is 0 Å². The summed E-state index contributed by atoms with van der Waals surface area (Å²) in [6.07, 6.45) is 3.78. The molecule has 2 fully saturated rings. The first kappa shape index (κ1) is 10.9. The summed E-state index contributed by atoms with van der Waals surface area (Å²) in [6.45, 7) is 2.71. The van der Waals surface area contributed by atoms with Crippen LogP contribution < -0.4 is 0 Å². The Balaban J connectivity index is 2.16. The normalized spacial score (nSPS) is 35.9. The van der Waals surface area contributed by atoms with Crippen molar-refractivity contribution in [3.05, 3.63) is 0 Å². The van der Waals surface area contributed by atoms with Crippen LogP contribution in [0.25, 0.3) is 0 Å². The number of rotatable bonds is 2. The zero-order chi connectivity index (χ0) is 10.3. The first-order valence-electron chi connectivity index (χ1n) is 5.18.